The van der Waals surface area contributed by atoms with Gasteiger partial charge in [-0.2, -0.15) is 0 Å². The largest absolute Gasteiger partial charge is 0.228 e. The Bertz CT molecular complexity index is 1310. The molecule has 3 heteroatoms. The average Bonchev–Trinajstić information content (AvgIpc) is 2.85. The SMILES string of the molecule is Brc1ccc(-c2nc(-c3ccccc3)cc(-c3cccc(-c4ccccc4)c3)n2)cc1. The van der Waals surface area contributed by atoms with E-state index in [-0.39, 0.29) is 0 Å². The smallest absolute Gasteiger partial charge is 0.160 e. The maximum absolute atomic E-state index is 4.94. The standard InChI is InChI=1S/C28H19BrN2/c29-25-16-14-22(15-17-25)28-30-26(21-10-5-2-6-11-21)19-27(31-28)24-13-7-12-23(18-24)20-8-3-1-4-9-20/h1-19H. The first-order valence-corrected chi connectivity index (χ1v) is 10.9. The Morgan fingerprint density at radius 2 is 0.968 bits per heavy atom. The van der Waals surface area contributed by atoms with Gasteiger partial charge in [0.1, 0.15) is 0 Å². The summed E-state index contributed by atoms with van der Waals surface area (Å²) in [5.41, 5.74) is 7.31. The Kier molecular flexibility index (Phi) is 5.42. The van der Waals surface area contributed by atoms with Crippen LogP contribution in [0.1, 0.15) is 0 Å². The van der Waals surface area contributed by atoms with Gasteiger partial charge in [-0.15, -0.1) is 0 Å². The molecule has 1 heterocycles. The van der Waals surface area contributed by atoms with Crippen LogP contribution in [0.2, 0.25) is 0 Å². The normalized spacial score (nSPS) is 10.7. The zero-order valence-corrected chi connectivity index (χ0v) is 18.3. The van der Waals surface area contributed by atoms with Crippen LogP contribution in [0.4, 0.5) is 0 Å². The van der Waals surface area contributed by atoms with Gasteiger partial charge in [-0.25, -0.2) is 9.97 Å². The second kappa shape index (κ2) is 8.66. The molecular weight excluding hydrogens is 444 g/mol. The third-order valence-corrected chi connectivity index (χ3v) is 5.69. The molecule has 1 aromatic heterocycles. The summed E-state index contributed by atoms with van der Waals surface area (Å²) in [5.74, 6) is 0.717. The molecule has 4 aromatic carbocycles. The molecule has 5 aromatic rings. The van der Waals surface area contributed by atoms with Crippen LogP contribution in [0.25, 0.3) is 45.0 Å². The van der Waals surface area contributed by atoms with Gasteiger partial charge in [0.25, 0.3) is 0 Å². The van der Waals surface area contributed by atoms with Crippen molar-refractivity contribution in [2.45, 2.75) is 0 Å². The molecule has 2 nitrogen and oxygen atoms in total. The molecule has 0 saturated heterocycles. The Labute approximate surface area is 190 Å². The molecule has 0 saturated carbocycles. The van der Waals surface area contributed by atoms with E-state index < -0.39 is 0 Å². The van der Waals surface area contributed by atoms with Gasteiger partial charge in [-0.3, -0.25) is 0 Å². The van der Waals surface area contributed by atoms with Crippen molar-refractivity contribution in [2.75, 3.05) is 0 Å². The van der Waals surface area contributed by atoms with Gasteiger partial charge in [0.15, 0.2) is 5.82 Å². The Balaban J connectivity index is 1.66. The summed E-state index contributed by atoms with van der Waals surface area (Å²) in [6.45, 7) is 0. The van der Waals surface area contributed by atoms with Crippen LogP contribution >= 0.6 is 15.9 Å². The molecule has 0 amide bonds. The summed E-state index contributed by atoms with van der Waals surface area (Å²) >= 11 is 3.51. The van der Waals surface area contributed by atoms with Crippen LogP contribution in [-0.4, -0.2) is 9.97 Å². The number of aromatic nitrogens is 2. The fourth-order valence-electron chi connectivity index (χ4n) is 3.57. The monoisotopic (exact) mass is 462 g/mol. The van der Waals surface area contributed by atoms with E-state index >= 15 is 0 Å². The summed E-state index contributed by atoms with van der Waals surface area (Å²) in [6, 6.07) is 39.4. The van der Waals surface area contributed by atoms with Crippen molar-refractivity contribution in [2.24, 2.45) is 0 Å². The predicted octanol–water partition coefficient (Wildman–Crippen LogP) is 7.91. The Morgan fingerprint density at radius 1 is 0.419 bits per heavy atom. The van der Waals surface area contributed by atoms with Crippen molar-refractivity contribution in [1.82, 2.24) is 9.97 Å². The lowest BCUT2D eigenvalue weighted by Crippen LogP contribution is -1.96. The second-order valence-corrected chi connectivity index (χ2v) is 8.20. The molecule has 0 spiro atoms. The highest BCUT2D eigenvalue weighted by Crippen LogP contribution is 2.30. The summed E-state index contributed by atoms with van der Waals surface area (Å²) in [5, 5.41) is 0. The number of hydrogen-bond acceptors (Lipinski definition) is 2. The molecule has 0 aliphatic carbocycles. The summed E-state index contributed by atoms with van der Waals surface area (Å²) in [6.07, 6.45) is 0. The zero-order chi connectivity index (χ0) is 21.0. The first kappa shape index (κ1) is 19.4. The number of hydrogen-bond donors (Lipinski definition) is 0. The van der Waals surface area contributed by atoms with Crippen molar-refractivity contribution in [3.63, 3.8) is 0 Å². The van der Waals surface area contributed by atoms with Crippen LogP contribution in [0, 0.1) is 0 Å². The zero-order valence-electron chi connectivity index (χ0n) is 16.7. The molecule has 0 aliphatic rings. The molecular formula is C28H19BrN2. The highest BCUT2D eigenvalue weighted by Gasteiger charge is 2.11. The van der Waals surface area contributed by atoms with Crippen LogP contribution in [0.15, 0.2) is 120 Å². The minimum atomic E-state index is 0.717. The van der Waals surface area contributed by atoms with Gasteiger partial charge in [-0.05, 0) is 35.4 Å². The van der Waals surface area contributed by atoms with Crippen molar-refractivity contribution < 1.29 is 0 Å². The average molecular weight is 463 g/mol. The second-order valence-electron chi connectivity index (χ2n) is 7.28. The maximum atomic E-state index is 4.94. The molecule has 5 rings (SSSR count). The lowest BCUT2D eigenvalue weighted by molar-refractivity contribution is 1.18. The molecule has 0 radical (unpaired) electrons. The molecule has 0 N–H and O–H groups in total. The van der Waals surface area contributed by atoms with Gasteiger partial charge in [0.05, 0.1) is 11.4 Å². The fraction of sp³-hybridized carbons (Fsp3) is 0. The van der Waals surface area contributed by atoms with E-state index in [4.69, 9.17) is 9.97 Å². The maximum Gasteiger partial charge on any atom is 0.160 e. The molecule has 0 aliphatic heterocycles. The summed E-state index contributed by atoms with van der Waals surface area (Å²) < 4.78 is 1.03. The van der Waals surface area contributed by atoms with Crippen LogP contribution in [0.5, 0.6) is 0 Å². The van der Waals surface area contributed by atoms with Gasteiger partial charge in [-0.1, -0.05) is 107 Å². The van der Waals surface area contributed by atoms with E-state index in [0.717, 1.165) is 32.6 Å². The number of rotatable bonds is 4. The predicted molar refractivity (Wildman–Crippen MR) is 131 cm³/mol. The van der Waals surface area contributed by atoms with E-state index in [0.29, 0.717) is 5.82 Å². The number of halogens is 1. The molecule has 148 valence electrons. The van der Waals surface area contributed by atoms with Crippen LogP contribution in [0.3, 0.4) is 0 Å². The van der Waals surface area contributed by atoms with Crippen LogP contribution < -0.4 is 0 Å². The highest BCUT2D eigenvalue weighted by molar-refractivity contribution is 9.10. The van der Waals surface area contributed by atoms with Crippen molar-refractivity contribution in [1.29, 1.82) is 0 Å². The van der Waals surface area contributed by atoms with Gasteiger partial charge in [0.2, 0.25) is 0 Å². The van der Waals surface area contributed by atoms with E-state index in [1.54, 1.807) is 0 Å². The number of nitrogens with zero attached hydrogens (tertiary/aromatic N) is 2. The number of benzene rings is 4. The lowest BCUT2D eigenvalue weighted by atomic mass is 10.0. The quantitative estimate of drug-likeness (QED) is 0.271. The van der Waals surface area contributed by atoms with E-state index in [1.165, 1.54) is 11.1 Å². The van der Waals surface area contributed by atoms with E-state index in [9.17, 15) is 0 Å². The fourth-order valence-corrected chi connectivity index (χ4v) is 3.83. The molecule has 0 unspecified atom stereocenters. The van der Waals surface area contributed by atoms with Crippen molar-refractivity contribution in [3.8, 4) is 45.0 Å². The molecule has 0 atom stereocenters. The highest BCUT2D eigenvalue weighted by atomic mass is 79.9. The molecule has 0 bridgehead atoms. The Hall–Kier alpha value is -3.56. The third-order valence-electron chi connectivity index (χ3n) is 5.16. The van der Waals surface area contributed by atoms with Gasteiger partial charge in [0, 0.05) is 21.2 Å². The van der Waals surface area contributed by atoms with E-state index in [2.05, 4.69) is 82.7 Å². The van der Waals surface area contributed by atoms with E-state index in [1.807, 2.05) is 48.5 Å². The van der Waals surface area contributed by atoms with Gasteiger partial charge < -0.3 is 0 Å². The summed E-state index contributed by atoms with van der Waals surface area (Å²) in [4.78, 5) is 9.82. The molecule has 31 heavy (non-hydrogen) atoms. The first-order valence-electron chi connectivity index (χ1n) is 10.1. The van der Waals surface area contributed by atoms with Crippen molar-refractivity contribution >= 4 is 15.9 Å². The third kappa shape index (κ3) is 4.32. The molecule has 0 fully saturated rings. The lowest BCUT2D eigenvalue weighted by Gasteiger charge is -2.10. The van der Waals surface area contributed by atoms with Crippen molar-refractivity contribution in [3.05, 3.63) is 120 Å². The van der Waals surface area contributed by atoms with Crippen LogP contribution in [-0.2, 0) is 0 Å². The minimum absolute atomic E-state index is 0.717. The minimum Gasteiger partial charge on any atom is -0.228 e. The Morgan fingerprint density at radius 3 is 1.65 bits per heavy atom. The first-order chi connectivity index (χ1) is 15.3. The van der Waals surface area contributed by atoms with Gasteiger partial charge >= 0.3 is 0 Å². The summed E-state index contributed by atoms with van der Waals surface area (Å²) in [7, 11) is 0. The topological polar surface area (TPSA) is 25.8 Å².